The number of aromatic nitrogens is 2. The molecule has 3 heterocycles. The van der Waals surface area contributed by atoms with Crippen molar-refractivity contribution in [2.45, 2.75) is 26.4 Å². The quantitative estimate of drug-likeness (QED) is 0.902. The normalized spacial score (nSPS) is 18.4. The first kappa shape index (κ1) is 11.9. The van der Waals surface area contributed by atoms with Gasteiger partial charge in [0.25, 0.3) is 0 Å². The van der Waals surface area contributed by atoms with Gasteiger partial charge in [-0.1, -0.05) is 13.8 Å². The summed E-state index contributed by atoms with van der Waals surface area (Å²) in [6.45, 7) is 7.50. The summed E-state index contributed by atoms with van der Waals surface area (Å²) < 4.78 is 1.13. The highest BCUT2D eigenvalue weighted by Crippen LogP contribution is 2.37. The van der Waals surface area contributed by atoms with E-state index in [0.717, 1.165) is 16.0 Å². The van der Waals surface area contributed by atoms with Gasteiger partial charge in [0.1, 0.15) is 17.7 Å². The monoisotopic (exact) mass is 263 g/mol. The number of nitrogens with zero attached hydrogens (tertiary/aromatic N) is 3. The van der Waals surface area contributed by atoms with Gasteiger partial charge >= 0.3 is 0 Å². The van der Waals surface area contributed by atoms with Crippen LogP contribution in [0, 0.1) is 12.8 Å². The molecule has 0 unspecified atom stereocenters. The molecule has 96 valence electrons. The van der Waals surface area contributed by atoms with Crippen molar-refractivity contribution < 1.29 is 5.11 Å². The first-order valence-corrected chi connectivity index (χ1v) is 7.05. The van der Waals surface area contributed by atoms with Gasteiger partial charge in [0.15, 0.2) is 0 Å². The van der Waals surface area contributed by atoms with Crippen LogP contribution in [0.25, 0.3) is 10.2 Å². The SMILES string of the molecule is Cc1csc2c(N3CC(O)(C(C)C)C3)ncnc12. The fourth-order valence-electron chi connectivity index (χ4n) is 2.31. The van der Waals surface area contributed by atoms with Crippen LogP contribution in [0.1, 0.15) is 19.4 Å². The van der Waals surface area contributed by atoms with E-state index in [1.54, 1.807) is 17.7 Å². The number of thiophene rings is 1. The Balaban J connectivity index is 1.93. The second-order valence-electron chi connectivity index (χ2n) is 5.41. The number of anilines is 1. The molecule has 0 bridgehead atoms. The Morgan fingerprint density at radius 3 is 2.78 bits per heavy atom. The summed E-state index contributed by atoms with van der Waals surface area (Å²) in [4.78, 5) is 10.8. The van der Waals surface area contributed by atoms with Crippen LogP contribution in [0.5, 0.6) is 0 Å². The molecule has 0 amide bonds. The van der Waals surface area contributed by atoms with E-state index in [0.29, 0.717) is 13.1 Å². The number of hydrogen-bond acceptors (Lipinski definition) is 5. The van der Waals surface area contributed by atoms with Crippen LogP contribution in [0.2, 0.25) is 0 Å². The van der Waals surface area contributed by atoms with Crippen molar-refractivity contribution in [2.75, 3.05) is 18.0 Å². The summed E-state index contributed by atoms with van der Waals surface area (Å²) in [6, 6.07) is 0. The maximum atomic E-state index is 10.3. The Bertz CT molecular complexity index is 587. The third-order valence-electron chi connectivity index (χ3n) is 3.82. The fourth-order valence-corrected chi connectivity index (χ4v) is 3.33. The van der Waals surface area contributed by atoms with Crippen LogP contribution in [0.15, 0.2) is 11.7 Å². The van der Waals surface area contributed by atoms with Crippen LogP contribution in [-0.4, -0.2) is 33.8 Å². The third-order valence-corrected chi connectivity index (χ3v) is 4.90. The third kappa shape index (κ3) is 1.61. The first-order valence-electron chi connectivity index (χ1n) is 6.17. The summed E-state index contributed by atoms with van der Waals surface area (Å²) in [5.41, 5.74) is 1.66. The lowest BCUT2D eigenvalue weighted by atomic mass is 9.83. The lowest BCUT2D eigenvalue weighted by molar-refractivity contribution is -0.0302. The Labute approximate surface area is 110 Å². The first-order chi connectivity index (χ1) is 8.51. The Kier molecular flexibility index (Phi) is 2.57. The van der Waals surface area contributed by atoms with E-state index in [1.807, 2.05) is 0 Å². The van der Waals surface area contributed by atoms with Crippen molar-refractivity contribution >= 4 is 27.4 Å². The van der Waals surface area contributed by atoms with Crippen molar-refractivity contribution in [1.82, 2.24) is 9.97 Å². The van der Waals surface area contributed by atoms with Crippen molar-refractivity contribution in [3.05, 3.63) is 17.3 Å². The average molecular weight is 263 g/mol. The van der Waals surface area contributed by atoms with Gasteiger partial charge in [0, 0.05) is 0 Å². The Morgan fingerprint density at radius 2 is 2.11 bits per heavy atom. The minimum absolute atomic E-state index is 0.274. The second-order valence-corrected chi connectivity index (χ2v) is 6.29. The van der Waals surface area contributed by atoms with E-state index in [1.165, 1.54) is 5.56 Å². The molecule has 4 nitrogen and oxygen atoms in total. The molecule has 0 aromatic carbocycles. The second kappa shape index (κ2) is 3.90. The van der Waals surface area contributed by atoms with Gasteiger partial charge in [-0.15, -0.1) is 11.3 Å². The fraction of sp³-hybridized carbons (Fsp3) is 0.538. The molecule has 18 heavy (non-hydrogen) atoms. The molecule has 0 atom stereocenters. The predicted molar refractivity (Wildman–Crippen MR) is 74.2 cm³/mol. The van der Waals surface area contributed by atoms with Crippen molar-refractivity contribution in [1.29, 1.82) is 0 Å². The lowest BCUT2D eigenvalue weighted by Gasteiger charge is -2.49. The molecule has 1 N–H and O–H groups in total. The topological polar surface area (TPSA) is 49.2 Å². The molecule has 2 aromatic rings. The molecule has 0 radical (unpaired) electrons. The smallest absolute Gasteiger partial charge is 0.150 e. The minimum Gasteiger partial charge on any atom is -0.386 e. The van der Waals surface area contributed by atoms with E-state index >= 15 is 0 Å². The molecule has 2 aromatic heterocycles. The zero-order chi connectivity index (χ0) is 12.9. The van der Waals surface area contributed by atoms with Gasteiger partial charge in [-0.3, -0.25) is 0 Å². The van der Waals surface area contributed by atoms with Crippen LogP contribution in [0.3, 0.4) is 0 Å². The van der Waals surface area contributed by atoms with E-state index in [-0.39, 0.29) is 5.92 Å². The molecule has 1 fully saturated rings. The largest absolute Gasteiger partial charge is 0.386 e. The highest BCUT2D eigenvalue weighted by Gasteiger charge is 2.44. The summed E-state index contributed by atoms with van der Waals surface area (Å²) >= 11 is 1.68. The number of aliphatic hydroxyl groups is 1. The Hall–Kier alpha value is -1.20. The zero-order valence-corrected chi connectivity index (χ0v) is 11.7. The predicted octanol–water partition coefficient (Wildman–Crippen LogP) is 2.21. The number of rotatable bonds is 2. The van der Waals surface area contributed by atoms with E-state index in [4.69, 9.17) is 0 Å². The van der Waals surface area contributed by atoms with Crippen molar-refractivity contribution in [2.24, 2.45) is 5.92 Å². The van der Waals surface area contributed by atoms with Gasteiger partial charge in [-0.05, 0) is 23.8 Å². The van der Waals surface area contributed by atoms with E-state index in [2.05, 4.69) is 41.0 Å². The number of fused-ring (bicyclic) bond motifs is 1. The molecule has 1 aliphatic heterocycles. The van der Waals surface area contributed by atoms with Gasteiger partial charge in [0.2, 0.25) is 0 Å². The van der Waals surface area contributed by atoms with Gasteiger partial charge in [-0.2, -0.15) is 0 Å². The maximum Gasteiger partial charge on any atom is 0.150 e. The minimum atomic E-state index is -0.566. The molecule has 1 aliphatic rings. The molecular formula is C13H17N3OS. The molecule has 0 aliphatic carbocycles. The molecule has 0 saturated carbocycles. The van der Waals surface area contributed by atoms with Gasteiger partial charge in [0.05, 0.1) is 23.3 Å². The molecule has 5 heteroatoms. The molecule has 3 rings (SSSR count). The van der Waals surface area contributed by atoms with Crippen molar-refractivity contribution in [3.8, 4) is 0 Å². The number of aryl methyl sites for hydroxylation is 1. The zero-order valence-electron chi connectivity index (χ0n) is 10.8. The van der Waals surface area contributed by atoms with Crippen LogP contribution >= 0.6 is 11.3 Å². The number of hydrogen-bond donors (Lipinski definition) is 1. The standard InChI is InChI=1S/C13H17N3OS/c1-8(2)13(17)5-16(6-13)12-11-10(14-7-15-12)9(3)4-18-11/h4,7-8,17H,5-6H2,1-3H3. The van der Waals surface area contributed by atoms with Crippen LogP contribution in [-0.2, 0) is 0 Å². The Morgan fingerprint density at radius 1 is 1.39 bits per heavy atom. The summed E-state index contributed by atoms with van der Waals surface area (Å²) in [5.74, 6) is 1.24. The van der Waals surface area contributed by atoms with E-state index < -0.39 is 5.60 Å². The molecule has 0 spiro atoms. The lowest BCUT2D eigenvalue weighted by Crippen LogP contribution is -2.65. The van der Waals surface area contributed by atoms with Crippen LogP contribution < -0.4 is 4.90 Å². The van der Waals surface area contributed by atoms with Gasteiger partial charge in [-0.25, -0.2) is 9.97 Å². The number of β-amino-alcohol motifs (C(OH)–C–C–N with tert-alkyl or cyclic N) is 1. The van der Waals surface area contributed by atoms with Gasteiger partial charge < -0.3 is 10.0 Å². The van der Waals surface area contributed by atoms with Crippen molar-refractivity contribution in [3.63, 3.8) is 0 Å². The summed E-state index contributed by atoms with van der Waals surface area (Å²) in [5, 5.41) is 12.4. The summed E-state index contributed by atoms with van der Waals surface area (Å²) in [6.07, 6.45) is 1.62. The van der Waals surface area contributed by atoms with E-state index in [9.17, 15) is 5.11 Å². The highest BCUT2D eigenvalue weighted by molar-refractivity contribution is 7.18. The summed E-state index contributed by atoms with van der Waals surface area (Å²) in [7, 11) is 0. The highest BCUT2D eigenvalue weighted by atomic mass is 32.1. The average Bonchev–Trinajstić information content (AvgIpc) is 2.67. The molecular weight excluding hydrogens is 246 g/mol. The maximum absolute atomic E-state index is 10.3. The van der Waals surface area contributed by atoms with Crippen LogP contribution in [0.4, 0.5) is 5.82 Å². The molecule has 1 saturated heterocycles.